The number of anilines is 1. The number of ether oxygens (including phenoxy) is 1. The normalized spacial score (nSPS) is 18.4. The van der Waals surface area contributed by atoms with Gasteiger partial charge in [-0.1, -0.05) is 29.0 Å². The number of aryl methyl sites for hydroxylation is 1. The number of hydrogen-bond acceptors (Lipinski definition) is 6. The van der Waals surface area contributed by atoms with Gasteiger partial charge >= 0.3 is 0 Å². The first-order valence-corrected chi connectivity index (χ1v) is 9.30. The first-order chi connectivity index (χ1) is 11.5. The van der Waals surface area contributed by atoms with Crippen LogP contribution in [0, 0.1) is 6.92 Å². The molecule has 0 bridgehead atoms. The Morgan fingerprint density at radius 2 is 2.04 bits per heavy atom. The molecule has 0 radical (unpaired) electrons. The Bertz CT molecular complexity index is 671. The second-order valence-corrected chi connectivity index (χ2v) is 7.23. The molecule has 2 atom stereocenters. The third-order valence-electron chi connectivity index (χ3n) is 4.19. The Morgan fingerprint density at radius 3 is 2.62 bits per heavy atom. The Kier molecular flexibility index (Phi) is 5.61. The number of aliphatic hydroxyl groups excluding tert-OH is 1. The van der Waals surface area contributed by atoms with Crippen LogP contribution < -0.4 is 9.64 Å². The average molecular weight is 368 g/mol. The van der Waals surface area contributed by atoms with E-state index >= 15 is 0 Å². The molecule has 1 aromatic carbocycles. The van der Waals surface area contributed by atoms with E-state index in [9.17, 15) is 5.11 Å². The van der Waals surface area contributed by atoms with Gasteiger partial charge in [0, 0.05) is 36.9 Å². The molecule has 1 aromatic heterocycles. The maximum atomic E-state index is 10.2. The van der Waals surface area contributed by atoms with Crippen molar-refractivity contribution in [1.82, 2.24) is 9.88 Å². The van der Waals surface area contributed by atoms with Gasteiger partial charge in [-0.15, -0.1) is 0 Å². The van der Waals surface area contributed by atoms with E-state index in [0.717, 1.165) is 47.6 Å². The summed E-state index contributed by atoms with van der Waals surface area (Å²) in [4.78, 5) is 8.70. The molecule has 24 heavy (non-hydrogen) atoms. The summed E-state index contributed by atoms with van der Waals surface area (Å²) in [5.41, 5.74) is 3.76. The van der Waals surface area contributed by atoms with Crippen molar-refractivity contribution in [3.8, 4) is 5.06 Å². The van der Waals surface area contributed by atoms with E-state index in [2.05, 4.69) is 20.9 Å². The predicted molar refractivity (Wildman–Crippen MR) is 98.2 cm³/mol. The van der Waals surface area contributed by atoms with Crippen LogP contribution in [0.4, 0.5) is 5.69 Å². The van der Waals surface area contributed by atoms with Crippen LogP contribution in [0.5, 0.6) is 5.06 Å². The Morgan fingerprint density at radius 1 is 1.29 bits per heavy atom. The van der Waals surface area contributed by atoms with Crippen molar-refractivity contribution in [1.29, 1.82) is 0 Å². The lowest BCUT2D eigenvalue weighted by molar-refractivity contribution is -0.0586. The first kappa shape index (κ1) is 17.5. The number of rotatable bonds is 5. The summed E-state index contributed by atoms with van der Waals surface area (Å²) in [6.45, 7) is 7.06. The lowest BCUT2D eigenvalue weighted by Gasteiger charge is -2.40. The quantitative estimate of drug-likeness (QED) is 0.880. The van der Waals surface area contributed by atoms with Crippen LogP contribution in [-0.2, 0) is 0 Å². The molecule has 1 saturated heterocycles. The van der Waals surface area contributed by atoms with E-state index in [0.29, 0.717) is 0 Å². The average Bonchev–Trinajstić information content (AvgIpc) is 2.97. The van der Waals surface area contributed by atoms with Gasteiger partial charge < -0.3 is 14.7 Å². The molecule has 1 aliphatic heterocycles. The number of benzene rings is 1. The molecule has 1 fully saturated rings. The van der Waals surface area contributed by atoms with Crippen LogP contribution in [-0.4, -0.2) is 53.5 Å². The highest BCUT2D eigenvalue weighted by atomic mass is 35.5. The molecular formula is C17H22ClN3O2S. The van der Waals surface area contributed by atoms with E-state index in [-0.39, 0.29) is 6.23 Å². The molecule has 2 aromatic rings. The fraction of sp³-hybridized carbons (Fsp3) is 0.471. The van der Waals surface area contributed by atoms with Crippen LogP contribution in [0.1, 0.15) is 12.6 Å². The van der Waals surface area contributed by atoms with Gasteiger partial charge in [0.15, 0.2) is 11.3 Å². The van der Waals surface area contributed by atoms with Crippen LogP contribution in [0.25, 0.3) is 0 Å². The number of piperazine rings is 1. The summed E-state index contributed by atoms with van der Waals surface area (Å²) in [6, 6.07) is 7.92. The molecule has 0 spiro atoms. The van der Waals surface area contributed by atoms with Crippen LogP contribution >= 0.6 is 22.9 Å². The number of halogens is 1. The molecule has 0 amide bonds. The van der Waals surface area contributed by atoms with Gasteiger partial charge in [0.1, 0.15) is 6.10 Å². The smallest absolute Gasteiger partial charge is 0.199 e. The van der Waals surface area contributed by atoms with Crippen molar-refractivity contribution in [3.63, 3.8) is 0 Å². The zero-order valence-electron chi connectivity index (χ0n) is 13.9. The van der Waals surface area contributed by atoms with E-state index < -0.39 is 6.10 Å². The van der Waals surface area contributed by atoms with Crippen LogP contribution in [0.2, 0.25) is 5.02 Å². The van der Waals surface area contributed by atoms with Gasteiger partial charge in [-0.25, -0.2) is 4.98 Å². The minimum atomic E-state index is -0.579. The van der Waals surface area contributed by atoms with E-state index in [1.807, 2.05) is 25.1 Å². The number of aromatic nitrogens is 1. The molecule has 0 saturated carbocycles. The number of nitrogens with zero attached hydrogens (tertiary/aromatic N) is 3. The lowest BCUT2D eigenvalue weighted by atomic mass is 10.2. The topological polar surface area (TPSA) is 48.8 Å². The number of hydrogen-bond donors (Lipinski definition) is 1. The lowest BCUT2D eigenvalue weighted by Crippen LogP contribution is -2.55. The summed E-state index contributed by atoms with van der Waals surface area (Å²) in [7, 11) is 0. The highest BCUT2D eigenvalue weighted by Gasteiger charge is 2.29. The first-order valence-electron chi connectivity index (χ1n) is 8.04. The third-order valence-corrected chi connectivity index (χ3v) is 5.24. The molecular weight excluding hydrogens is 346 g/mol. The standard InChI is InChI=1S/C17H22ClN3O2S/c1-12-17(24-11-19-12)23-16(13(2)22)21-8-6-20(7-9-21)15-5-3-4-14(18)10-15/h3-5,10-11,13,16,22H,6-9H2,1-2H3. The van der Waals surface area contributed by atoms with Crippen molar-refractivity contribution in [2.45, 2.75) is 26.2 Å². The minimum absolute atomic E-state index is 0.356. The maximum absolute atomic E-state index is 10.2. The summed E-state index contributed by atoms with van der Waals surface area (Å²) >= 11 is 7.55. The second kappa shape index (κ2) is 7.70. The van der Waals surface area contributed by atoms with Gasteiger partial charge in [0.05, 0.1) is 11.2 Å². The Labute approximate surface area is 151 Å². The zero-order valence-corrected chi connectivity index (χ0v) is 15.4. The van der Waals surface area contributed by atoms with Crippen molar-refractivity contribution in [3.05, 3.63) is 40.5 Å². The van der Waals surface area contributed by atoms with Crippen molar-refractivity contribution >= 4 is 28.6 Å². The zero-order chi connectivity index (χ0) is 17.1. The summed E-state index contributed by atoms with van der Waals surface area (Å²) in [5.74, 6) is 0. The van der Waals surface area contributed by atoms with Gasteiger partial charge in [0.2, 0.25) is 0 Å². The molecule has 1 aliphatic rings. The van der Waals surface area contributed by atoms with Crippen molar-refractivity contribution in [2.24, 2.45) is 0 Å². The summed E-state index contributed by atoms with van der Waals surface area (Å²) in [6.07, 6.45) is -0.935. The molecule has 3 rings (SSSR count). The number of aliphatic hydroxyl groups is 1. The minimum Gasteiger partial charge on any atom is -0.461 e. The Hall–Kier alpha value is -1.34. The van der Waals surface area contributed by atoms with Gasteiger partial charge in [-0.3, -0.25) is 4.90 Å². The monoisotopic (exact) mass is 367 g/mol. The van der Waals surface area contributed by atoms with Crippen LogP contribution in [0.15, 0.2) is 29.8 Å². The van der Waals surface area contributed by atoms with Gasteiger partial charge in [-0.2, -0.15) is 0 Å². The molecule has 2 unspecified atom stereocenters. The SMILES string of the molecule is Cc1ncsc1OC(C(C)O)N1CCN(c2cccc(Cl)c2)CC1. The van der Waals surface area contributed by atoms with Gasteiger partial charge in [0.25, 0.3) is 0 Å². The van der Waals surface area contributed by atoms with E-state index in [1.54, 1.807) is 12.4 Å². The van der Waals surface area contributed by atoms with Crippen LogP contribution in [0.3, 0.4) is 0 Å². The van der Waals surface area contributed by atoms with Crippen molar-refractivity contribution in [2.75, 3.05) is 31.1 Å². The fourth-order valence-corrected chi connectivity index (χ4v) is 3.77. The van der Waals surface area contributed by atoms with E-state index in [1.165, 1.54) is 11.3 Å². The summed E-state index contributed by atoms with van der Waals surface area (Å²) in [5, 5.41) is 11.7. The highest BCUT2D eigenvalue weighted by molar-refractivity contribution is 7.11. The highest BCUT2D eigenvalue weighted by Crippen LogP contribution is 2.26. The molecule has 5 nitrogen and oxygen atoms in total. The van der Waals surface area contributed by atoms with E-state index in [4.69, 9.17) is 16.3 Å². The predicted octanol–water partition coefficient (Wildman–Crippen LogP) is 3.01. The summed E-state index contributed by atoms with van der Waals surface area (Å²) < 4.78 is 6.04. The fourth-order valence-electron chi connectivity index (χ4n) is 2.90. The third kappa shape index (κ3) is 4.00. The molecule has 0 aliphatic carbocycles. The molecule has 130 valence electrons. The van der Waals surface area contributed by atoms with Gasteiger partial charge in [-0.05, 0) is 32.0 Å². The largest absolute Gasteiger partial charge is 0.461 e. The molecule has 1 N–H and O–H groups in total. The Balaban J connectivity index is 1.64. The number of thiazole rings is 1. The maximum Gasteiger partial charge on any atom is 0.199 e. The van der Waals surface area contributed by atoms with Crippen molar-refractivity contribution < 1.29 is 9.84 Å². The second-order valence-electron chi connectivity index (χ2n) is 5.98. The molecule has 2 heterocycles. The molecule has 7 heteroatoms.